The predicted molar refractivity (Wildman–Crippen MR) is 266 cm³/mol. The zero-order chi connectivity index (χ0) is 51.9. The van der Waals surface area contributed by atoms with Gasteiger partial charge in [-0.05, 0) is 59.5 Å². The Morgan fingerprint density at radius 2 is 1.39 bits per heavy atom. The average molecular weight is 1030 g/mol. The molecule has 2 N–H and O–H groups in total. The first-order valence-corrected chi connectivity index (χ1v) is 25.1. The van der Waals surface area contributed by atoms with E-state index in [1.54, 1.807) is 85.8 Å². The Morgan fingerprint density at radius 1 is 0.770 bits per heavy atom. The highest BCUT2D eigenvalue weighted by Gasteiger charge is 2.53. The van der Waals surface area contributed by atoms with Gasteiger partial charge in [-0.1, -0.05) is 86.6 Å². The molecule has 6 heterocycles. The number of rotatable bonds is 17. The van der Waals surface area contributed by atoms with Crippen LogP contribution in [0.25, 0.3) is 22.2 Å². The van der Waals surface area contributed by atoms with E-state index in [2.05, 4.69) is 30.0 Å². The fourth-order valence-corrected chi connectivity index (χ4v) is 10.8. The van der Waals surface area contributed by atoms with Gasteiger partial charge in [-0.25, -0.2) is 32.9 Å². The SMILES string of the molecule is CC[C@H]1O[C@@H](n2cc(F)c3c(=O)n(C)cnc32)[C@H](OS(=O)(=O)NC[C@H]2O[C@@H](n3cnc4c(NC(=O)c5ccccc5)ncnc43)[C@H](F)[C@@H]2OC(c2ccccc2)(c2ccc(OC)cc2)c2ccc(OC)cc2)[C@@H]1C. The number of nitrogens with one attached hydrogen (secondary N) is 2. The van der Waals surface area contributed by atoms with Crippen LogP contribution >= 0.6 is 0 Å². The van der Waals surface area contributed by atoms with E-state index in [4.69, 9.17) is 27.9 Å². The number of benzene rings is 4. The van der Waals surface area contributed by atoms with Crippen molar-refractivity contribution in [1.29, 1.82) is 0 Å². The van der Waals surface area contributed by atoms with Crippen molar-refractivity contribution in [2.75, 3.05) is 26.1 Å². The monoisotopic (exact) mass is 1030 g/mol. The second-order valence-electron chi connectivity index (χ2n) is 17.9. The Kier molecular flexibility index (Phi) is 13.8. The second kappa shape index (κ2) is 20.4. The third-order valence-corrected chi connectivity index (χ3v) is 14.6. The Labute approximate surface area is 423 Å². The molecule has 22 heteroatoms. The summed E-state index contributed by atoms with van der Waals surface area (Å²) in [6, 6.07) is 31.8. The van der Waals surface area contributed by atoms with Crippen molar-refractivity contribution in [2.24, 2.45) is 13.0 Å². The van der Waals surface area contributed by atoms with Crippen molar-refractivity contribution < 1.29 is 49.9 Å². The molecule has 0 saturated carbocycles. The number of anilines is 1. The summed E-state index contributed by atoms with van der Waals surface area (Å²) in [4.78, 5) is 43.7. The summed E-state index contributed by atoms with van der Waals surface area (Å²) >= 11 is 0. The second-order valence-corrected chi connectivity index (χ2v) is 19.3. The van der Waals surface area contributed by atoms with Gasteiger partial charge in [0.15, 0.2) is 47.1 Å². The van der Waals surface area contributed by atoms with Crippen molar-refractivity contribution in [3.8, 4) is 11.5 Å². The fraction of sp³-hybridized carbons (Fsp3) is 0.308. The van der Waals surface area contributed by atoms with E-state index in [0.717, 1.165) is 10.8 Å². The standard InChI is InChI=1S/C52H51F2N9O10S/c1-6-38-30(2)43(51(70-38)62-26-37(53)40-46(62)58-28-61(3)49(40)65)73-74(66,67)59-25-39-44(41(54)50(71-39)63-29-57-42-45(55-27-56-47(42)63)60-48(64)31-13-9-7-10-14-31)72-52(32-15-11-8-12-16-32,33-17-21-35(68-4)22-18-33)34-19-23-36(69-5)24-20-34/h7-24,26-30,38-39,41,43-44,50-51,59H,6,25H2,1-5H3,(H,55,56,60,64)/t30-,38-,39-,41-,43-,44-,50-,51-/m1/s1. The Bertz CT molecular complexity index is 3430. The van der Waals surface area contributed by atoms with Crippen LogP contribution < -0.4 is 25.1 Å². The van der Waals surface area contributed by atoms with Crippen molar-refractivity contribution >= 4 is 44.2 Å². The molecule has 2 aliphatic heterocycles. The number of carbonyl (C=O) groups is 1. The van der Waals surface area contributed by atoms with Gasteiger partial charge >= 0.3 is 10.3 Å². The fourth-order valence-electron chi connectivity index (χ4n) is 9.77. The molecule has 0 spiro atoms. The summed E-state index contributed by atoms with van der Waals surface area (Å²) in [5, 5.41) is 2.46. The number of hydrogen-bond donors (Lipinski definition) is 2. The number of aryl methyl sites for hydroxylation is 1. The van der Waals surface area contributed by atoms with Gasteiger partial charge in [-0.2, -0.15) is 13.1 Å². The summed E-state index contributed by atoms with van der Waals surface area (Å²) in [6.07, 6.45) is -4.47. The van der Waals surface area contributed by atoms with E-state index in [9.17, 15) is 18.0 Å². The van der Waals surface area contributed by atoms with E-state index >= 15 is 8.78 Å². The third kappa shape index (κ3) is 9.17. The highest BCUT2D eigenvalue weighted by Crippen LogP contribution is 2.47. The highest BCUT2D eigenvalue weighted by molar-refractivity contribution is 7.84. The van der Waals surface area contributed by atoms with E-state index in [-0.39, 0.29) is 28.0 Å². The molecule has 10 rings (SSSR count). The molecule has 19 nitrogen and oxygen atoms in total. The summed E-state index contributed by atoms with van der Waals surface area (Å²) in [5.41, 5.74) is -0.0472. The van der Waals surface area contributed by atoms with Gasteiger partial charge < -0.3 is 38.1 Å². The third-order valence-electron chi connectivity index (χ3n) is 13.6. The normalized spacial score (nSPS) is 22.1. The Morgan fingerprint density at radius 3 is 2.03 bits per heavy atom. The molecule has 2 saturated heterocycles. The van der Waals surface area contributed by atoms with Gasteiger partial charge in [0.1, 0.15) is 47.1 Å². The predicted octanol–water partition coefficient (Wildman–Crippen LogP) is 6.76. The van der Waals surface area contributed by atoms with E-state index in [1.165, 1.54) is 49.4 Å². The van der Waals surface area contributed by atoms with Crippen molar-refractivity contribution in [2.45, 2.75) is 68.9 Å². The molecule has 0 aliphatic carbocycles. The number of hydrogen-bond acceptors (Lipinski definition) is 14. The molecule has 2 fully saturated rings. The molecular weight excluding hydrogens is 981 g/mol. The van der Waals surface area contributed by atoms with Crippen LogP contribution in [0.15, 0.2) is 139 Å². The maximum absolute atomic E-state index is 18.2. The van der Waals surface area contributed by atoms with Gasteiger partial charge in [0.25, 0.3) is 11.5 Å². The van der Waals surface area contributed by atoms with E-state index in [1.807, 2.05) is 37.3 Å². The molecule has 4 aromatic heterocycles. The summed E-state index contributed by atoms with van der Waals surface area (Å²) in [5.74, 6) is -0.774. The Hall–Kier alpha value is -7.47. The molecule has 1 amide bonds. The molecule has 384 valence electrons. The molecule has 8 atom stereocenters. The lowest BCUT2D eigenvalue weighted by molar-refractivity contribution is -0.0917. The molecule has 0 radical (unpaired) electrons. The quantitative estimate of drug-likeness (QED) is 0.0903. The number of imidazole rings is 1. The van der Waals surface area contributed by atoms with Crippen molar-refractivity contribution in [3.63, 3.8) is 0 Å². The molecular formula is C52H51F2N9O10S. The minimum Gasteiger partial charge on any atom is -0.497 e. The maximum Gasteiger partial charge on any atom is 0.336 e. The number of fused-ring (bicyclic) bond motifs is 2. The first-order chi connectivity index (χ1) is 35.7. The lowest BCUT2D eigenvalue weighted by Gasteiger charge is -2.39. The number of aromatic nitrogens is 7. The van der Waals surface area contributed by atoms with Crippen LogP contribution in [0, 0.1) is 11.7 Å². The van der Waals surface area contributed by atoms with Crippen molar-refractivity contribution in [3.05, 3.63) is 173 Å². The van der Waals surface area contributed by atoms with E-state index < -0.39 is 88.7 Å². The lowest BCUT2D eigenvalue weighted by Crippen LogP contribution is -2.47. The summed E-state index contributed by atoms with van der Waals surface area (Å²) in [7, 11) is -0.303. The van der Waals surface area contributed by atoms with Gasteiger partial charge in [-0.3, -0.25) is 14.2 Å². The lowest BCUT2D eigenvalue weighted by atomic mass is 9.79. The van der Waals surface area contributed by atoms with Crippen LogP contribution in [0.1, 0.15) is 59.8 Å². The van der Waals surface area contributed by atoms with Crippen LogP contribution in [0.4, 0.5) is 14.6 Å². The number of nitrogens with zero attached hydrogens (tertiary/aromatic N) is 7. The van der Waals surface area contributed by atoms with Crippen LogP contribution in [-0.2, 0) is 41.3 Å². The molecule has 8 aromatic rings. The van der Waals surface area contributed by atoms with Crippen molar-refractivity contribution in [1.82, 2.24) is 38.4 Å². The zero-order valence-electron chi connectivity index (χ0n) is 40.6. The Balaban J connectivity index is 1.04. The minimum absolute atomic E-state index is 0.0509. The van der Waals surface area contributed by atoms with Crippen LogP contribution in [0.5, 0.6) is 11.5 Å². The van der Waals surface area contributed by atoms with E-state index in [0.29, 0.717) is 40.2 Å². The number of carbonyl (C=O) groups excluding carboxylic acids is 1. The average Bonchev–Trinajstić information content (AvgIpc) is 4.18. The topological polar surface area (TPSA) is 214 Å². The van der Waals surface area contributed by atoms with Crippen LogP contribution in [0.3, 0.4) is 0 Å². The molecule has 4 aromatic carbocycles. The van der Waals surface area contributed by atoms with Gasteiger partial charge in [0.2, 0.25) is 0 Å². The molecule has 0 unspecified atom stereocenters. The number of alkyl halides is 1. The first-order valence-electron chi connectivity index (χ1n) is 23.7. The van der Waals surface area contributed by atoms with Gasteiger partial charge in [-0.15, -0.1) is 0 Å². The minimum atomic E-state index is -4.81. The summed E-state index contributed by atoms with van der Waals surface area (Å²) in [6.45, 7) is 2.98. The van der Waals surface area contributed by atoms with Gasteiger partial charge in [0.05, 0.1) is 33.0 Å². The molecule has 74 heavy (non-hydrogen) atoms. The molecule has 2 aliphatic rings. The number of amides is 1. The van der Waals surface area contributed by atoms with Gasteiger partial charge in [0, 0.05) is 31.3 Å². The largest absolute Gasteiger partial charge is 0.497 e. The number of halogens is 2. The zero-order valence-corrected chi connectivity index (χ0v) is 41.4. The number of ether oxygens (including phenoxy) is 5. The highest BCUT2D eigenvalue weighted by atomic mass is 32.2. The summed E-state index contributed by atoms with van der Waals surface area (Å²) < 4.78 is 106. The molecule has 0 bridgehead atoms. The first kappa shape index (κ1) is 50.1. The smallest absolute Gasteiger partial charge is 0.336 e. The maximum atomic E-state index is 18.2. The van der Waals surface area contributed by atoms with Crippen LogP contribution in [-0.4, -0.2) is 99.3 Å². The number of methoxy groups -OCH3 is 2. The van der Waals surface area contributed by atoms with Crippen LogP contribution in [0.2, 0.25) is 0 Å².